The van der Waals surface area contributed by atoms with Crippen LogP contribution in [0.2, 0.25) is 5.02 Å². The Labute approximate surface area is 112 Å². The minimum Gasteiger partial charge on any atom is -0.345 e. The summed E-state index contributed by atoms with van der Waals surface area (Å²) in [5.74, 6) is -1.32. The molecule has 1 aromatic carbocycles. The van der Waals surface area contributed by atoms with Crippen molar-refractivity contribution < 1.29 is 9.59 Å². The molecule has 0 bridgehead atoms. The third-order valence-electron chi connectivity index (χ3n) is 2.71. The molecule has 0 aliphatic rings. The molecule has 1 aromatic rings. The normalized spacial score (nSPS) is 11.8. The topological polar surface area (TPSA) is 58.2 Å². The summed E-state index contributed by atoms with van der Waals surface area (Å²) in [5.41, 5.74) is 1.29. The molecule has 2 N–H and O–H groups in total. The molecular weight excluding hydrogens is 252 g/mol. The van der Waals surface area contributed by atoms with Gasteiger partial charge in [0.15, 0.2) is 0 Å². The van der Waals surface area contributed by atoms with E-state index in [9.17, 15) is 9.59 Å². The molecule has 0 unspecified atom stereocenters. The number of carbonyl (C=O) groups excluding carboxylic acids is 2. The molecule has 0 aliphatic carbocycles. The largest absolute Gasteiger partial charge is 0.345 e. The average molecular weight is 269 g/mol. The minimum atomic E-state index is -0.680. The van der Waals surface area contributed by atoms with Crippen LogP contribution in [0.15, 0.2) is 18.2 Å². The first kappa shape index (κ1) is 14.5. The zero-order valence-corrected chi connectivity index (χ0v) is 11.5. The van der Waals surface area contributed by atoms with Crippen LogP contribution in [0.3, 0.4) is 0 Å². The molecular formula is C13H17ClN2O2. The number of nitrogens with one attached hydrogen (secondary N) is 2. The van der Waals surface area contributed by atoms with Crippen molar-refractivity contribution in [3.05, 3.63) is 28.8 Å². The summed E-state index contributed by atoms with van der Waals surface area (Å²) in [7, 11) is 0. The zero-order valence-electron chi connectivity index (χ0n) is 10.7. The van der Waals surface area contributed by atoms with E-state index >= 15 is 0 Å². The lowest BCUT2D eigenvalue weighted by molar-refractivity contribution is -0.136. The number of rotatable bonds is 3. The summed E-state index contributed by atoms with van der Waals surface area (Å²) in [6.07, 6.45) is 0.773. The molecule has 4 nitrogen and oxygen atoms in total. The lowest BCUT2D eigenvalue weighted by Crippen LogP contribution is -2.40. The Kier molecular flexibility index (Phi) is 5.16. The molecule has 0 saturated carbocycles. The van der Waals surface area contributed by atoms with E-state index in [-0.39, 0.29) is 6.04 Å². The fourth-order valence-electron chi connectivity index (χ4n) is 1.31. The standard InChI is InChI=1S/C13H17ClN2O2/c1-4-8(2)15-12(17)13(18)16-11-7-5-6-10(14)9(11)3/h5-8H,4H2,1-3H3,(H,15,17)(H,16,18)/t8-/m0/s1. The number of hydrogen-bond acceptors (Lipinski definition) is 2. The molecule has 0 fully saturated rings. The van der Waals surface area contributed by atoms with E-state index in [1.54, 1.807) is 25.1 Å². The third-order valence-corrected chi connectivity index (χ3v) is 3.12. The van der Waals surface area contributed by atoms with Gasteiger partial charge < -0.3 is 10.6 Å². The third kappa shape index (κ3) is 3.74. The van der Waals surface area contributed by atoms with E-state index in [1.807, 2.05) is 13.8 Å². The van der Waals surface area contributed by atoms with E-state index < -0.39 is 11.8 Å². The number of benzene rings is 1. The van der Waals surface area contributed by atoms with Crippen molar-refractivity contribution in [3.8, 4) is 0 Å². The SMILES string of the molecule is CC[C@H](C)NC(=O)C(=O)Nc1cccc(Cl)c1C. The Bertz CT molecular complexity index is 460. The van der Waals surface area contributed by atoms with Crippen LogP contribution in [0.5, 0.6) is 0 Å². The highest BCUT2D eigenvalue weighted by Crippen LogP contribution is 2.22. The highest BCUT2D eigenvalue weighted by atomic mass is 35.5. The predicted octanol–water partition coefficient (Wildman–Crippen LogP) is 2.50. The van der Waals surface area contributed by atoms with Crippen molar-refractivity contribution in [1.82, 2.24) is 5.32 Å². The monoisotopic (exact) mass is 268 g/mol. The van der Waals surface area contributed by atoms with Gasteiger partial charge >= 0.3 is 11.8 Å². The Morgan fingerprint density at radius 3 is 2.61 bits per heavy atom. The Hall–Kier alpha value is -1.55. The predicted molar refractivity (Wildman–Crippen MR) is 72.7 cm³/mol. The summed E-state index contributed by atoms with van der Waals surface area (Å²) in [6, 6.07) is 5.13. The lowest BCUT2D eigenvalue weighted by atomic mass is 10.2. The Balaban J connectivity index is 2.70. The summed E-state index contributed by atoms with van der Waals surface area (Å²) < 4.78 is 0. The highest BCUT2D eigenvalue weighted by molar-refractivity contribution is 6.40. The molecule has 0 aliphatic heterocycles. The van der Waals surface area contributed by atoms with Crippen molar-refractivity contribution in [3.63, 3.8) is 0 Å². The van der Waals surface area contributed by atoms with Crippen molar-refractivity contribution in [2.45, 2.75) is 33.2 Å². The molecule has 5 heteroatoms. The number of anilines is 1. The first-order valence-electron chi connectivity index (χ1n) is 5.82. The van der Waals surface area contributed by atoms with Gasteiger partial charge in [-0.05, 0) is 38.0 Å². The average Bonchev–Trinajstić information content (AvgIpc) is 2.34. The second kappa shape index (κ2) is 6.40. The van der Waals surface area contributed by atoms with Gasteiger partial charge in [-0.2, -0.15) is 0 Å². The van der Waals surface area contributed by atoms with Crippen LogP contribution in [0.25, 0.3) is 0 Å². The summed E-state index contributed by atoms with van der Waals surface area (Å²) in [4.78, 5) is 23.2. The summed E-state index contributed by atoms with van der Waals surface area (Å²) >= 11 is 5.93. The molecule has 0 spiro atoms. The van der Waals surface area contributed by atoms with Gasteiger partial charge in [-0.3, -0.25) is 9.59 Å². The lowest BCUT2D eigenvalue weighted by Gasteiger charge is -2.12. The quantitative estimate of drug-likeness (QED) is 0.828. The first-order chi connectivity index (χ1) is 8.45. The van der Waals surface area contributed by atoms with Crippen molar-refractivity contribution in [2.75, 3.05) is 5.32 Å². The summed E-state index contributed by atoms with van der Waals surface area (Å²) in [5, 5.41) is 5.70. The van der Waals surface area contributed by atoms with Crippen LogP contribution < -0.4 is 10.6 Å². The van der Waals surface area contributed by atoms with Crippen LogP contribution in [-0.4, -0.2) is 17.9 Å². The van der Waals surface area contributed by atoms with Crippen molar-refractivity contribution in [1.29, 1.82) is 0 Å². The maximum atomic E-state index is 11.7. The van der Waals surface area contributed by atoms with Gasteiger partial charge in [0, 0.05) is 16.8 Å². The smallest absolute Gasteiger partial charge is 0.313 e. The minimum absolute atomic E-state index is 0.0243. The molecule has 0 radical (unpaired) electrons. The second-order valence-electron chi connectivity index (χ2n) is 4.15. The van der Waals surface area contributed by atoms with Gasteiger partial charge in [-0.25, -0.2) is 0 Å². The van der Waals surface area contributed by atoms with E-state index in [2.05, 4.69) is 10.6 Å². The number of hydrogen-bond donors (Lipinski definition) is 2. The van der Waals surface area contributed by atoms with E-state index in [1.165, 1.54) is 0 Å². The Morgan fingerprint density at radius 2 is 2.00 bits per heavy atom. The molecule has 0 saturated heterocycles. The van der Waals surface area contributed by atoms with Gasteiger partial charge in [0.25, 0.3) is 0 Å². The Morgan fingerprint density at radius 1 is 1.33 bits per heavy atom. The maximum Gasteiger partial charge on any atom is 0.313 e. The maximum absolute atomic E-state index is 11.7. The molecule has 98 valence electrons. The first-order valence-corrected chi connectivity index (χ1v) is 6.20. The molecule has 0 aromatic heterocycles. The second-order valence-corrected chi connectivity index (χ2v) is 4.56. The number of carbonyl (C=O) groups is 2. The van der Waals surface area contributed by atoms with E-state index in [4.69, 9.17) is 11.6 Å². The number of halogens is 1. The fourth-order valence-corrected chi connectivity index (χ4v) is 1.49. The van der Waals surface area contributed by atoms with Gasteiger partial charge in [-0.1, -0.05) is 24.6 Å². The van der Waals surface area contributed by atoms with Gasteiger partial charge in [0.1, 0.15) is 0 Å². The van der Waals surface area contributed by atoms with Crippen molar-refractivity contribution >= 4 is 29.1 Å². The van der Waals surface area contributed by atoms with Gasteiger partial charge in [-0.15, -0.1) is 0 Å². The molecule has 0 heterocycles. The van der Waals surface area contributed by atoms with E-state index in [0.717, 1.165) is 12.0 Å². The van der Waals surface area contributed by atoms with Gasteiger partial charge in [0.05, 0.1) is 0 Å². The van der Waals surface area contributed by atoms with E-state index in [0.29, 0.717) is 10.7 Å². The van der Waals surface area contributed by atoms with Crippen LogP contribution in [0, 0.1) is 6.92 Å². The van der Waals surface area contributed by atoms with Crippen LogP contribution in [0.4, 0.5) is 5.69 Å². The highest BCUT2D eigenvalue weighted by Gasteiger charge is 2.16. The molecule has 2 amide bonds. The number of amides is 2. The zero-order chi connectivity index (χ0) is 13.7. The van der Waals surface area contributed by atoms with Crippen LogP contribution in [-0.2, 0) is 9.59 Å². The van der Waals surface area contributed by atoms with Crippen LogP contribution in [0.1, 0.15) is 25.8 Å². The fraction of sp³-hybridized carbons (Fsp3) is 0.385. The van der Waals surface area contributed by atoms with Crippen molar-refractivity contribution in [2.24, 2.45) is 0 Å². The molecule has 1 atom stereocenters. The van der Waals surface area contributed by atoms with Gasteiger partial charge in [0.2, 0.25) is 0 Å². The summed E-state index contributed by atoms with van der Waals surface area (Å²) in [6.45, 7) is 5.56. The van der Waals surface area contributed by atoms with Crippen LogP contribution >= 0.6 is 11.6 Å². The molecule has 1 rings (SSSR count). The molecule has 18 heavy (non-hydrogen) atoms.